The zero-order chi connectivity index (χ0) is 22.2. The van der Waals surface area contributed by atoms with E-state index in [-0.39, 0.29) is 5.91 Å². The van der Waals surface area contributed by atoms with Crippen LogP contribution in [-0.2, 0) is 0 Å². The minimum Gasteiger partial charge on any atom is -0.493 e. The van der Waals surface area contributed by atoms with E-state index in [4.69, 9.17) is 14.2 Å². The number of rotatable bonds is 7. The van der Waals surface area contributed by atoms with Gasteiger partial charge in [-0.1, -0.05) is 18.2 Å². The molecule has 0 saturated carbocycles. The number of hydrogen-bond acceptors (Lipinski definition) is 6. The second-order valence-corrected chi connectivity index (χ2v) is 6.54. The summed E-state index contributed by atoms with van der Waals surface area (Å²) in [5.41, 5.74) is 4.94. The molecule has 0 heterocycles. The third-order valence-electron chi connectivity index (χ3n) is 4.48. The first-order valence-electron chi connectivity index (χ1n) is 9.45. The molecule has 0 spiro atoms. The molecule has 7 nitrogen and oxygen atoms in total. The van der Waals surface area contributed by atoms with E-state index < -0.39 is 5.97 Å². The number of amides is 1. The Hall–Kier alpha value is -4.13. The minimum atomic E-state index is -0.415. The number of nitrogens with one attached hydrogen (secondary N) is 1. The van der Waals surface area contributed by atoms with Crippen molar-refractivity contribution in [3.05, 3.63) is 89.0 Å². The summed E-state index contributed by atoms with van der Waals surface area (Å²) in [5.74, 6) is 0.600. The fraction of sp³-hybridized carbons (Fsp3) is 0.125. The third kappa shape index (κ3) is 5.48. The molecule has 158 valence electrons. The topological polar surface area (TPSA) is 86.2 Å². The zero-order valence-corrected chi connectivity index (χ0v) is 17.4. The van der Waals surface area contributed by atoms with Gasteiger partial charge in [0.15, 0.2) is 11.5 Å². The predicted molar refractivity (Wildman–Crippen MR) is 117 cm³/mol. The van der Waals surface area contributed by atoms with Crippen molar-refractivity contribution in [3.63, 3.8) is 0 Å². The molecule has 0 aromatic heterocycles. The molecule has 1 amide bonds. The summed E-state index contributed by atoms with van der Waals surface area (Å²) in [6.07, 6.45) is 1.49. The fourth-order valence-corrected chi connectivity index (χ4v) is 2.79. The Morgan fingerprint density at radius 3 is 2.29 bits per heavy atom. The first kappa shape index (κ1) is 21.6. The Balaban J connectivity index is 1.59. The molecule has 3 aromatic carbocycles. The number of aryl methyl sites for hydroxylation is 1. The molecule has 0 radical (unpaired) electrons. The fourth-order valence-electron chi connectivity index (χ4n) is 2.79. The van der Waals surface area contributed by atoms with Gasteiger partial charge in [-0.2, -0.15) is 5.10 Å². The van der Waals surface area contributed by atoms with Crippen LogP contribution >= 0.6 is 0 Å². The van der Waals surface area contributed by atoms with E-state index in [0.29, 0.717) is 28.4 Å². The highest BCUT2D eigenvalue weighted by Gasteiger charge is 2.11. The van der Waals surface area contributed by atoms with Gasteiger partial charge in [-0.25, -0.2) is 10.2 Å². The van der Waals surface area contributed by atoms with Gasteiger partial charge < -0.3 is 14.2 Å². The molecule has 0 aliphatic rings. The number of carbonyl (C=O) groups excluding carboxylic acids is 2. The van der Waals surface area contributed by atoms with E-state index in [2.05, 4.69) is 10.5 Å². The highest BCUT2D eigenvalue weighted by molar-refractivity contribution is 5.95. The molecule has 1 N–H and O–H groups in total. The molecular weight excluding hydrogens is 396 g/mol. The Labute approximate surface area is 180 Å². The van der Waals surface area contributed by atoms with Crippen LogP contribution in [0.5, 0.6) is 17.2 Å². The summed E-state index contributed by atoms with van der Waals surface area (Å²) < 4.78 is 15.8. The quantitative estimate of drug-likeness (QED) is 0.271. The van der Waals surface area contributed by atoms with Crippen molar-refractivity contribution in [1.82, 2.24) is 5.43 Å². The van der Waals surface area contributed by atoms with Gasteiger partial charge in [0.25, 0.3) is 5.91 Å². The lowest BCUT2D eigenvalue weighted by Crippen LogP contribution is -2.17. The molecule has 3 rings (SSSR count). The largest absolute Gasteiger partial charge is 0.493 e. The average Bonchev–Trinajstić information content (AvgIpc) is 2.79. The SMILES string of the molecule is COc1ccc(C(=O)N/N=C/c2ccc(OC(=O)c3ccccc3C)cc2)cc1OC. The first-order chi connectivity index (χ1) is 15.0. The van der Waals surface area contributed by atoms with Crippen LogP contribution in [0.15, 0.2) is 71.8 Å². The van der Waals surface area contributed by atoms with E-state index in [1.54, 1.807) is 54.6 Å². The van der Waals surface area contributed by atoms with Gasteiger partial charge in [0.2, 0.25) is 0 Å². The number of methoxy groups -OCH3 is 2. The molecule has 0 bridgehead atoms. The van der Waals surface area contributed by atoms with Gasteiger partial charge in [0, 0.05) is 5.56 Å². The van der Waals surface area contributed by atoms with E-state index in [1.807, 2.05) is 19.1 Å². The maximum atomic E-state index is 12.3. The molecule has 7 heteroatoms. The second-order valence-electron chi connectivity index (χ2n) is 6.54. The highest BCUT2D eigenvalue weighted by atomic mass is 16.5. The van der Waals surface area contributed by atoms with E-state index >= 15 is 0 Å². The number of benzene rings is 3. The van der Waals surface area contributed by atoms with Gasteiger partial charge in [-0.05, 0) is 66.6 Å². The lowest BCUT2D eigenvalue weighted by atomic mass is 10.1. The van der Waals surface area contributed by atoms with Crippen LogP contribution in [-0.4, -0.2) is 32.3 Å². The van der Waals surface area contributed by atoms with Crippen LogP contribution in [0, 0.1) is 6.92 Å². The number of hydrogen-bond donors (Lipinski definition) is 1. The summed E-state index contributed by atoms with van der Waals surface area (Å²) in [5, 5.41) is 3.96. The van der Waals surface area contributed by atoms with Crippen LogP contribution in [0.4, 0.5) is 0 Å². The van der Waals surface area contributed by atoms with Crippen molar-refractivity contribution >= 4 is 18.1 Å². The molecule has 0 fully saturated rings. The smallest absolute Gasteiger partial charge is 0.343 e. The zero-order valence-electron chi connectivity index (χ0n) is 17.4. The average molecular weight is 418 g/mol. The molecule has 0 aliphatic carbocycles. The Bertz CT molecular complexity index is 1110. The normalized spacial score (nSPS) is 10.5. The van der Waals surface area contributed by atoms with Crippen LogP contribution in [0.25, 0.3) is 0 Å². The lowest BCUT2D eigenvalue weighted by molar-refractivity contribution is 0.0733. The van der Waals surface area contributed by atoms with Crippen LogP contribution in [0.2, 0.25) is 0 Å². The van der Waals surface area contributed by atoms with Crippen molar-refractivity contribution in [2.75, 3.05) is 14.2 Å². The lowest BCUT2D eigenvalue weighted by Gasteiger charge is -2.08. The van der Waals surface area contributed by atoms with Crippen LogP contribution in [0.1, 0.15) is 31.8 Å². The summed E-state index contributed by atoms with van der Waals surface area (Å²) >= 11 is 0. The van der Waals surface area contributed by atoms with E-state index in [0.717, 1.165) is 11.1 Å². The minimum absolute atomic E-state index is 0.383. The maximum Gasteiger partial charge on any atom is 0.343 e. The number of carbonyl (C=O) groups is 2. The van der Waals surface area contributed by atoms with Crippen molar-refractivity contribution in [3.8, 4) is 17.2 Å². The summed E-state index contributed by atoms with van der Waals surface area (Å²) in [6, 6.07) is 18.8. The molecule has 0 saturated heterocycles. The van der Waals surface area contributed by atoms with Gasteiger partial charge in [-0.15, -0.1) is 0 Å². The van der Waals surface area contributed by atoms with Gasteiger partial charge in [0.1, 0.15) is 5.75 Å². The summed E-state index contributed by atoms with van der Waals surface area (Å²) in [7, 11) is 3.02. The molecule has 31 heavy (non-hydrogen) atoms. The summed E-state index contributed by atoms with van der Waals surface area (Å²) in [4.78, 5) is 24.5. The van der Waals surface area contributed by atoms with Crippen LogP contribution in [0.3, 0.4) is 0 Å². The van der Waals surface area contributed by atoms with Gasteiger partial charge in [0.05, 0.1) is 26.0 Å². The van der Waals surface area contributed by atoms with Crippen LogP contribution < -0.4 is 19.6 Å². The van der Waals surface area contributed by atoms with Gasteiger partial charge >= 0.3 is 5.97 Å². The van der Waals surface area contributed by atoms with Crippen molar-refractivity contribution < 1.29 is 23.8 Å². The number of nitrogens with zero attached hydrogens (tertiary/aromatic N) is 1. The van der Waals surface area contributed by atoms with Crippen molar-refractivity contribution in [1.29, 1.82) is 0 Å². The summed E-state index contributed by atoms with van der Waals surface area (Å²) in [6.45, 7) is 1.85. The van der Waals surface area contributed by atoms with E-state index in [9.17, 15) is 9.59 Å². The third-order valence-corrected chi connectivity index (χ3v) is 4.48. The molecule has 0 unspecified atom stereocenters. The van der Waals surface area contributed by atoms with Crippen molar-refractivity contribution in [2.45, 2.75) is 6.92 Å². The molecule has 0 aliphatic heterocycles. The monoisotopic (exact) mass is 418 g/mol. The first-order valence-corrected chi connectivity index (χ1v) is 9.45. The second kappa shape index (κ2) is 10.1. The molecule has 3 aromatic rings. The van der Waals surface area contributed by atoms with Gasteiger partial charge in [-0.3, -0.25) is 4.79 Å². The number of ether oxygens (including phenoxy) is 3. The Morgan fingerprint density at radius 1 is 0.903 bits per heavy atom. The predicted octanol–water partition coefficient (Wildman–Crippen LogP) is 4.00. The maximum absolute atomic E-state index is 12.3. The standard InChI is InChI=1S/C24H22N2O5/c1-16-6-4-5-7-20(16)24(28)31-19-11-8-17(9-12-19)15-25-26-23(27)18-10-13-21(29-2)22(14-18)30-3/h4-15H,1-3H3,(H,26,27)/b25-15+. The number of hydrazone groups is 1. The van der Waals surface area contributed by atoms with E-state index in [1.165, 1.54) is 20.4 Å². The van der Waals surface area contributed by atoms with Crippen molar-refractivity contribution in [2.24, 2.45) is 5.10 Å². The Morgan fingerprint density at radius 2 is 1.61 bits per heavy atom. The number of esters is 1. The Kier molecular flexibility index (Phi) is 7.01. The molecule has 0 atom stereocenters. The molecular formula is C24H22N2O5. The highest BCUT2D eigenvalue weighted by Crippen LogP contribution is 2.27.